The van der Waals surface area contributed by atoms with Crippen LogP contribution in [0.25, 0.3) is 0 Å². The zero-order valence-electron chi connectivity index (χ0n) is 9.90. The molecule has 1 aromatic rings. The topological polar surface area (TPSA) is 121 Å². The number of hydrogen-bond acceptors (Lipinski definition) is 4. The van der Waals surface area contributed by atoms with Gasteiger partial charge in [0.25, 0.3) is 0 Å². The van der Waals surface area contributed by atoms with Crippen LogP contribution in [0.5, 0.6) is 17.2 Å². The van der Waals surface area contributed by atoms with E-state index in [2.05, 4.69) is 10.3 Å². The van der Waals surface area contributed by atoms with E-state index in [1.54, 1.807) is 6.07 Å². The van der Waals surface area contributed by atoms with E-state index < -0.39 is 6.03 Å². The summed E-state index contributed by atoms with van der Waals surface area (Å²) in [5.41, 5.74) is 10.4. The van der Waals surface area contributed by atoms with Crippen LogP contribution in [-0.4, -0.2) is 25.9 Å². The lowest BCUT2D eigenvalue weighted by Crippen LogP contribution is -2.25. The lowest BCUT2D eigenvalue weighted by molar-refractivity contribution is 0.174. The lowest BCUT2D eigenvalue weighted by Gasteiger charge is -2.12. The Kier molecular flexibility index (Phi) is 3.52. The second-order valence-corrected chi connectivity index (χ2v) is 3.85. The number of nitrogens with zero attached hydrogens (tertiary/aromatic N) is 1. The van der Waals surface area contributed by atoms with Gasteiger partial charge in [-0.3, -0.25) is 0 Å². The van der Waals surface area contributed by atoms with E-state index in [1.807, 2.05) is 0 Å². The van der Waals surface area contributed by atoms with Gasteiger partial charge in [-0.05, 0) is 0 Å². The van der Waals surface area contributed by atoms with Crippen molar-refractivity contribution in [2.24, 2.45) is 16.5 Å². The molecule has 0 radical (unpaired) electrons. The number of benzene rings is 1. The van der Waals surface area contributed by atoms with Gasteiger partial charge in [0, 0.05) is 6.07 Å². The van der Waals surface area contributed by atoms with E-state index in [-0.39, 0.29) is 23.5 Å². The Labute approximate surface area is 113 Å². The normalized spacial score (nSPS) is 11.9. The van der Waals surface area contributed by atoms with Crippen molar-refractivity contribution in [2.75, 3.05) is 19.2 Å². The number of aliphatic imine (C=N–C) groups is 1. The second-order valence-electron chi connectivity index (χ2n) is 3.47. The maximum Gasteiger partial charge on any atom is 0.348 e. The molecule has 19 heavy (non-hydrogen) atoms. The van der Waals surface area contributed by atoms with Crippen LogP contribution in [0.2, 0.25) is 5.02 Å². The molecule has 102 valence electrons. The number of carbonyl (C=O) groups excluding carboxylic acids is 1. The van der Waals surface area contributed by atoms with Crippen molar-refractivity contribution < 1.29 is 19.0 Å². The van der Waals surface area contributed by atoms with Crippen LogP contribution in [0.4, 0.5) is 10.5 Å². The Hall–Kier alpha value is -2.35. The molecule has 0 aromatic heterocycles. The van der Waals surface area contributed by atoms with Gasteiger partial charge in [-0.2, -0.15) is 4.99 Å². The number of hydrogen-bond donors (Lipinski definition) is 3. The molecule has 5 N–H and O–H groups in total. The highest BCUT2D eigenvalue weighted by molar-refractivity contribution is 6.36. The van der Waals surface area contributed by atoms with Gasteiger partial charge in [-0.15, -0.1) is 0 Å². The summed E-state index contributed by atoms with van der Waals surface area (Å²) in [7, 11) is 1.42. The number of rotatable bonds is 2. The van der Waals surface area contributed by atoms with Crippen LogP contribution in [0, 0.1) is 0 Å². The van der Waals surface area contributed by atoms with Gasteiger partial charge in [-0.1, -0.05) is 11.6 Å². The Morgan fingerprint density at radius 3 is 2.89 bits per heavy atom. The summed E-state index contributed by atoms with van der Waals surface area (Å²) in [5.74, 6) is 0.686. The van der Waals surface area contributed by atoms with Crippen LogP contribution in [0.1, 0.15) is 0 Å². The third-order valence-electron chi connectivity index (χ3n) is 2.25. The van der Waals surface area contributed by atoms with E-state index in [0.717, 1.165) is 0 Å². The van der Waals surface area contributed by atoms with Crippen molar-refractivity contribution in [2.45, 2.75) is 0 Å². The molecule has 0 bridgehead atoms. The number of ether oxygens (including phenoxy) is 3. The fourth-order valence-electron chi connectivity index (χ4n) is 1.51. The van der Waals surface area contributed by atoms with Crippen LogP contribution in [-0.2, 0) is 0 Å². The molecule has 0 spiro atoms. The predicted octanol–water partition coefficient (Wildman–Crippen LogP) is 0.883. The summed E-state index contributed by atoms with van der Waals surface area (Å²) < 4.78 is 15.5. The minimum absolute atomic E-state index is 0.0451. The molecule has 0 unspecified atom stereocenters. The molecular weight excluding hydrogens is 276 g/mol. The van der Waals surface area contributed by atoms with Crippen molar-refractivity contribution in [3.05, 3.63) is 11.1 Å². The molecule has 0 saturated carbocycles. The van der Waals surface area contributed by atoms with Crippen molar-refractivity contribution >= 4 is 29.3 Å². The third-order valence-corrected chi connectivity index (χ3v) is 2.61. The monoisotopic (exact) mass is 286 g/mol. The smallest absolute Gasteiger partial charge is 0.348 e. The third kappa shape index (κ3) is 2.58. The second kappa shape index (κ2) is 5.11. The number of methoxy groups -OCH3 is 1. The number of anilines is 1. The summed E-state index contributed by atoms with van der Waals surface area (Å²) in [6, 6.07) is 0.762. The highest BCUT2D eigenvalue weighted by Gasteiger charge is 2.25. The van der Waals surface area contributed by atoms with Gasteiger partial charge in [0.2, 0.25) is 6.79 Å². The molecule has 0 saturated heterocycles. The molecule has 9 heteroatoms. The minimum Gasteiger partial charge on any atom is -0.494 e. The Bertz CT molecular complexity index is 557. The average molecular weight is 287 g/mol. The summed E-state index contributed by atoms with van der Waals surface area (Å²) in [6.07, 6.45) is 0. The molecule has 2 rings (SSSR count). The number of amides is 2. The van der Waals surface area contributed by atoms with Gasteiger partial charge in [0.15, 0.2) is 17.5 Å². The molecular formula is C10H11ClN4O4. The lowest BCUT2D eigenvalue weighted by atomic mass is 10.2. The van der Waals surface area contributed by atoms with Gasteiger partial charge in [0.1, 0.15) is 16.5 Å². The highest BCUT2D eigenvalue weighted by Crippen LogP contribution is 2.48. The SMILES string of the molecule is COc1cc2c(c(Cl)c1NC(=O)N=C(N)N)OCO2. The molecule has 0 fully saturated rings. The summed E-state index contributed by atoms with van der Waals surface area (Å²) in [6.45, 7) is 0.0451. The molecule has 1 aliphatic heterocycles. The number of fused-ring (bicyclic) bond motifs is 1. The molecule has 2 amide bonds. The number of carbonyl (C=O) groups is 1. The standard InChI is InChI=1S/C10H11ClN4O4/c1-17-4-2-5-8(19-3-18-5)6(11)7(4)14-10(16)15-9(12)13/h2H,3H2,1H3,(H5,12,13,14,15,16). The average Bonchev–Trinajstić information content (AvgIpc) is 2.79. The molecule has 0 atom stereocenters. The molecule has 1 heterocycles. The van der Waals surface area contributed by atoms with Crippen molar-refractivity contribution in [1.82, 2.24) is 0 Å². The Morgan fingerprint density at radius 1 is 1.53 bits per heavy atom. The van der Waals surface area contributed by atoms with E-state index in [4.69, 9.17) is 37.3 Å². The number of nitrogens with two attached hydrogens (primary N) is 2. The minimum atomic E-state index is -0.779. The fraction of sp³-hybridized carbons (Fsp3) is 0.200. The number of urea groups is 1. The first-order valence-electron chi connectivity index (χ1n) is 5.09. The zero-order chi connectivity index (χ0) is 14.0. The van der Waals surface area contributed by atoms with Gasteiger partial charge in [-0.25, -0.2) is 4.79 Å². The van der Waals surface area contributed by atoms with Crippen LogP contribution in [0.15, 0.2) is 11.1 Å². The first-order chi connectivity index (χ1) is 9.02. The van der Waals surface area contributed by atoms with Gasteiger partial charge < -0.3 is 31.0 Å². The van der Waals surface area contributed by atoms with Crippen molar-refractivity contribution in [3.63, 3.8) is 0 Å². The van der Waals surface area contributed by atoms with Crippen molar-refractivity contribution in [3.8, 4) is 17.2 Å². The molecule has 8 nitrogen and oxygen atoms in total. The summed E-state index contributed by atoms with van der Waals surface area (Å²) >= 11 is 6.11. The summed E-state index contributed by atoms with van der Waals surface area (Å²) in [4.78, 5) is 14.8. The Morgan fingerprint density at radius 2 is 2.26 bits per heavy atom. The maximum atomic E-state index is 11.5. The van der Waals surface area contributed by atoms with Gasteiger partial charge >= 0.3 is 6.03 Å². The Balaban J connectivity index is 2.39. The largest absolute Gasteiger partial charge is 0.494 e. The summed E-state index contributed by atoms with van der Waals surface area (Å²) in [5, 5.41) is 2.56. The van der Waals surface area contributed by atoms with Crippen molar-refractivity contribution in [1.29, 1.82) is 0 Å². The van der Waals surface area contributed by atoms with Gasteiger partial charge in [0.05, 0.1) is 7.11 Å². The zero-order valence-corrected chi connectivity index (χ0v) is 10.7. The molecule has 0 aliphatic carbocycles. The van der Waals surface area contributed by atoms with Crippen LogP contribution >= 0.6 is 11.6 Å². The number of halogens is 1. The number of nitrogens with one attached hydrogen (secondary N) is 1. The number of guanidine groups is 1. The van der Waals surface area contributed by atoms with E-state index in [9.17, 15) is 4.79 Å². The van der Waals surface area contributed by atoms with E-state index in [0.29, 0.717) is 17.2 Å². The molecule has 1 aromatic carbocycles. The first kappa shape index (κ1) is 13.1. The highest BCUT2D eigenvalue weighted by atomic mass is 35.5. The van der Waals surface area contributed by atoms with E-state index >= 15 is 0 Å². The fourth-order valence-corrected chi connectivity index (χ4v) is 1.80. The predicted molar refractivity (Wildman–Crippen MR) is 69.0 cm³/mol. The quantitative estimate of drug-likeness (QED) is 0.548. The van der Waals surface area contributed by atoms with Crippen LogP contribution < -0.4 is 31.0 Å². The first-order valence-corrected chi connectivity index (χ1v) is 5.47. The maximum absolute atomic E-state index is 11.5. The molecule has 1 aliphatic rings. The van der Waals surface area contributed by atoms with Crippen LogP contribution in [0.3, 0.4) is 0 Å². The van der Waals surface area contributed by atoms with E-state index in [1.165, 1.54) is 7.11 Å².